The lowest BCUT2D eigenvalue weighted by Gasteiger charge is -2.16. The van der Waals surface area contributed by atoms with Crippen molar-refractivity contribution in [2.45, 2.75) is 31.7 Å². The van der Waals surface area contributed by atoms with Crippen molar-refractivity contribution in [3.8, 4) is 11.1 Å². The van der Waals surface area contributed by atoms with Crippen molar-refractivity contribution in [1.29, 1.82) is 0 Å². The van der Waals surface area contributed by atoms with E-state index in [0.717, 1.165) is 22.3 Å². The van der Waals surface area contributed by atoms with E-state index in [1.54, 1.807) is 25.1 Å². The summed E-state index contributed by atoms with van der Waals surface area (Å²) in [5.41, 5.74) is 5.29. The molecule has 2 amide bonds. The van der Waals surface area contributed by atoms with Crippen molar-refractivity contribution in [2.75, 3.05) is 11.9 Å². The van der Waals surface area contributed by atoms with E-state index in [1.165, 1.54) is 0 Å². The molecule has 0 spiro atoms. The molecule has 1 atom stereocenters. The molecule has 0 bridgehead atoms. The second-order valence-electron chi connectivity index (χ2n) is 8.45. The number of fused-ring (bicyclic) bond motifs is 3. The minimum absolute atomic E-state index is 0.0357. The molecule has 7 nitrogen and oxygen atoms in total. The second kappa shape index (κ2) is 10.7. The van der Waals surface area contributed by atoms with E-state index in [0.29, 0.717) is 22.1 Å². The molecule has 1 aliphatic rings. The summed E-state index contributed by atoms with van der Waals surface area (Å²) in [4.78, 5) is 36.0. The normalized spacial score (nSPS) is 12.9. The van der Waals surface area contributed by atoms with E-state index >= 15 is 0 Å². The van der Waals surface area contributed by atoms with E-state index in [2.05, 4.69) is 50.8 Å². The van der Waals surface area contributed by atoms with Crippen LogP contribution in [0.3, 0.4) is 0 Å². The maximum atomic E-state index is 12.7. The Balaban J connectivity index is 1.39. The van der Waals surface area contributed by atoms with Crippen molar-refractivity contribution in [1.82, 2.24) is 5.32 Å². The van der Waals surface area contributed by atoms with Crippen molar-refractivity contribution in [2.24, 2.45) is 0 Å². The number of hydrogen-bond acceptors (Lipinski definition) is 4. The monoisotopic (exact) mass is 536 g/mol. The number of benzene rings is 3. The number of halogens is 1. The van der Waals surface area contributed by atoms with Gasteiger partial charge in [0.1, 0.15) is 6.61 Å². The summed E-state index contributed by atoms with van der Waals surface area (Å²) in [6, 6.07) is 20.8. The standard InChI is InChI=1S/C27H25BrN2O5/c1-16(10-13-25(31)32)29-26(33)22-14-17(11-12-24(22)28)30-27(34)35-15-23-20-8-4-2-6-18(20)19-7-3-5-9-21(19)23/h2-9,11-12,14,16,23H,10,13,15H2,1H3,(H,29,33)(H,30,34)(H,31,32). The third-order valence-corrected chi connectivity index (χ3v) is 6.66. The number of rotatable bonds is 8. The van der Waals surface area contributed by atoms with Gasteiger partial charge < -0.3 is 15.2 Å². The van der Waals surface area contributed by atoms with Crippen LogP contribution in [0.5, 0.6) is 0 Å². The van der Waals surface area contributed by atoms with Crippen LogP contribution in [-0.2, 0) is 9.53 Å². The van der Waals surface area contributed by atoms with Crippen LogP contribution < -0.4 is 10.6 Å². The van der Waals surface area contributed by atoms with Gasteiger partial charge in [-0.25, -0.2) is 4.79 Å². The van der Waals surface area contributed by atoms with Crippen molar-refractivity contribution >= 4 is 39.6 Å². The predicted molar refractivity (Wildman–Crippen MR) is 137 cm³/mol. The minimum Gasteiger partial charge on any atom is -0.481 e. The Morgan fingerprint density at radius 2 is 1.63 bits per heavy atom. The molecule has 4 rings (SSSR count). The molecular weight excluding hydrogens is 512 g/mol. The highest BCUT2D eigenvalue weighted by Gasteiger charge is 2.29. The van der Waals surface area contributed by atoms with Crippen molar-refractivity contribution in [3.63, 3.8) is 0 Å². The van der Waals surface area contributed by atoms with Gasteiger partial charge in [-0.05, 0) is 69.7 Å². The SMILES string of the molecule is CC(CCC(=O)O)NC(=O)c1cc(NC(=O)OCC2c3ccccc3-c3ccccc32)ccc1Br. The third kappa shape index (κ3) is 5.71. The first kappa shape index (κ1) is 24.5. The molecular formula is C27H25BrN2O5. The van der Waals surface area contributed by atoms with Gasteiger partial charge in [0.15, 0.2) is 0 Å². The lowest BCUT2D eigenvalue weighted by Crippen LogP contribution is -2.33. The number of carbonyl (C=O) groups excluding carboxylic acids is 2. The molecule has 3 N–H and O–H groups in total. The van der Waals surface area contributed by atoms with E-state index in [4.69, 9.17) is 9.84 Å². The van der Waals surface area contributed by atoms with Crippen LogP contribution in [0.15, 0.2) is 71.2 Å². The van der Waals surface area contributed by atoms with Crippen LogP contribution in [0.25, 0.3) is 11.1 Å². The Kier molecular flexibility index (Phi) is 7.51. The number of nitrogens with one attached hydrogen (secondary N) is 2. The molecule has 3 aromatic rings. The van der Waals surface area contributed by atoms with Gasteiger partial charge in [-0.2, -0.15) is 0 Å². The molecule has 0 radical (unpaired) electrons. The molecule has 180 valence electrons. The molecule has 8 heteroatoms. The lowest BCUT2D eigenvalue weighted by atomic mass is 9.98. The summed E-state index contributed by atoms with van der Waals surface area (Å²) < 4.78 is 6.13. The molecule has 0 aromatic heterocycles. The topological polar surface area (TPSA) is 105 Å². The van der Waals surface area contributed by atoms with Crippen molar-refractivity contribution in [3.05, 3.63) is 87.9 Å². The van der Waals surface area contributed by atoms with Gasteiger partial charge in [-0.1, -0.05) is 48.5 Å². The Hall–Kier alpha value is -3.65. The molecule has 1 aliphatic carbocycles. The van der Waals surface area contributed by atoms with Gasteiger partial charge >= 0.3 is 12.1 Å². The number of carbonyl (C=O) groups is 3. The number of aliphatic carboxylic acids is 1. The summed E-state index contributed by atoms with van der Waals surface area (Å²) in [5, 5.41) is 14.3. The van der Waals surface area contributed by atoms with Crippen LogP contribution in [0.2, 0.25) is 0 Å². The minimum atomic E-state index is -0.915. The Bertz CT molecular complexity index is 1230. The smallest absolute Gasteiger partial charge is 0.411 e. The fraction of sp³-hybridized carbons (Fsp3) is 0.222. The molecule has 0 fully saturated rings. The van der Waals surface area contributed by atoms with Crippen LogP contribution in [0.4, 0.5) is 10.5 Å². The number of carboxylic acids is 1. The molecule has 3 aromatic carbocycles. The highest BCUT2D eigenvalue weighted by molar-refractivity contribution is 9.10. The maximum absolute atomic E-state index is 12.7. The van der Waals surface area contributed by atoms with E-state index in [9.17, 15) is 14.4 Å². The van der Waals surface area contributed by atoms with Crippen molar-refractivity contribution < 1.29 is 24.2 Å². The summed E-state index contributed by atoms with van der Waals surface area (Å²) in [6.07, 6.45) is -0.335. The largest absolute Gasteiger partial charge is 0.481 e. The fourth-order valence-electron chi connectivity index (χ4n) is 4.24. The zero-order chi connectivity index (χ0) is 24.9. The maximum Gasteiger partial charge on any atom is 0.411 e. The van der Waals surface area contributed by atoms with E-state index < -0.39 is 12.1 Å². The molecule has 0 saturated carbocycles. The fourth-order valence-corrected chi connectivity index (χ4v) is 4.67. The van der Waals surface area contributed by atoms with Gasteiger partial charge in [-0.3, -0.25) is 14.9 Å². The average Bonchev–Trinajstić information content (AvgIpc) is 3.16. The summed E-state index contributed by atoms with van der Waals surface area (Å²) >= 11 is 3.36. The number of ether oxygens (including phenoxy) is 1. The third-order valence-electron chi connectivity index (χ3n) is 5.97. The molecule has 35 heavy (non-hydrogen) atoms. The van der Waals surface area contributed by atoms with E-state index in [1.807, 2.05) is 24.3 Å². The van der Waals surface area contributed by atoms with Gasteiger partial charge in [0.25, 0.3) is 5.91 Å². The Morgan fingerprint density at radius 1 is 1.00 bits per heavy atom. The van der Waals surface area contributed by atoms with Crippen LogP contribution in [0, 0.1) is 0 Å². The van der Waals surface area contributed by atoms with Gasteiger partial charge in [0.05, 0.1) is 5.56 Å². The lowest BCUT2D eigenvalue weighted by molar-refractivity contribution is -0.137. The Labute approximate surface area is 211 Å². The summed E-state index contributed by atoms with van der Waals surface area (Å²) in [6.45, 7) is 1.93. The first-order valence-electron chi connectivity index (χ1n) is 11.3. The highest BCUT2D eigenvalue weighted by atomic mass is 79.9. The molecule has 0 heterocycles. The molecule has 0 saturated heterocycles. The van der Waals surface area contributed by atoms with Gasteiger partial charge in [-0.15, -0.1) is 0 Å². The second-order valence-corrected chi connectivity index (χ2v) is 9.31. The quantitative estimate of drug-likeness (QED) is 0.337. The van der Waals surface area contributed by atoms with Crippen LogP contribution >= 0.6 is 15.9 Å². The molecule has 1 unspecified atom stereocenters. The van der Waals surface area contributed by atoms with Gasteiger partial charge in [0, 0.05) is 28.5 Å². The number of hydrogen-bond donors (Lipinski definition) is 3. The zero-order valence-corrected chi connectivity index (χ0v) is 20.7. The number of amides is 2. The number of carboxylic acid groups (broad SMARTS) is 1. The van der Waals surface area contributed by atoms with Crippen LogP contribution in [0.1, 0.15) is 47.2 Å². The predicted octanol–water partition coefficient (Wildman–Crippen LogP) is 5.79. The van der Waals surface area contributed by atoms with Gasteiger partial charge in [0.2, 0.25) is 0 Å². The van der Waals surface area contributed by atoms with E-state index in [-0.39, 0.29) is 30.9 Å². The molecule has 0 aliphatic heterocycles. The van der Waals surface area contributed by atoms with Crippen LogP contribution in [-0.4, -0.2) is 35.7 Å². The summed E-state index contributed by atoms with van der Waals surface area (Å²) in [7, 11) is 0. The first-order valence-corrected chi connectivity index (χ1v) is 12.1. The average molecular weight is 537 g/mol. The first-order chi connectivity index (χ1) is 16.8. The Morgan fingerprint density at radius 3 is 2.26 bits per heavy atom. The summed E-state index contributed by atoms with van der Waals surface area (Å²) in [5.74, 6) is -1.33. The number of anilines is 1. The highest BCUT2D eigenvalue weighted by Crippen LogP contribution is 2.44. The zero-order valence-electron chi connectivity index (χ0n) is 19.1.